The fraction of sp³-hybridized carbons (Fsp3) is 0.474. The van der Waals surface area contributed by atoms with Gasteiger partial charge in [0.2, 0.25) is 0 Å². The lowest BCUT2D eigenvalue weighted by Crippen LogP contribution is -2.36. The third-order valence-electron chi connectivity index (χ3n) is 5.06. The van der Waals surface area contributed by atoms with Gasteiger partial charge in [-0.25, -0.2) is 4.98 Å². The zero-order valence-electron chi connectivity index (χ0n) is 14.6. The van der Waals surface area contributed by atoms with Gasteiger partial charge in [0.15, 0.2) is 5.89 Å². The zero-order chi connectivity index (χ0) is 19.0. The number of hydrogen-bond acceptors (Lipinski definition) is 4. The minimum absolute atomic E-state index is 0.160. The van der Waals surface area contributed by atoms with Crippen molar-refractivity contribution < 1.29 is 27.1 Å². The molecule has 0 atom stereocenters. The van der Waals surface area contributed by atoms with Gasteiger partial charge in [-0.05, 0) is 25.0 Å². The number of fused-ring (bicyclic) bond motifs is 1. The van der Waals surface area contributed by atoms with E-state index in [1.165, 1.54) is 23.1 Å². The Hall–Kier alpha value is -2.35. The second-order valence-electron chi connectivity index (χ2n) is 6.83. The number of nitrogens with zero attached hydrogens (tertiary/aromatic N) is 2. The van der Waals surface area contributed by atoms with E-state index in [0.29, 0.717) is 37.8 Å². The number of oxazole rings is 1. The summed E-state index contributed by atoms with van der Waals surface area (Å²) in [5.41, 5.74) is -0.606. The number of rotatable bonds is 2. The topological polar surface area (TPSA) is 55.6 Å². The third kappa shape index (κ3) is 3.58. The molecule has 4 rings (SSSR count). The second kappa shape index (κ2) is 6.99. The number of halogens is 3. The molecule has 2 aliphatic heterocycles. The molecule has 0 aliphatic carbocycles. The lowest BCUT2D eigenvalue weighted by atomic mass is 10.0. The molecular formula is C19H19F3N2O3. The van der Waals surface area contributed by atoms with E-state index in [1.807, 2.05) is 0 Å². The van der Waals surface area contributed by atoms with Crippen LogP contribution in [-0.4, -0.2) is 35.5 Å². The summed E-state index contributed by atoms with van der Waals surface area (Å²) in [6, 6.07) is 4.88. The first-order chi connectivity index (χ1) is 12.9. The predicted octanol–water partition coefficient (Wildman–Crippen LogP) is 3.79. The van der Waals surface area contributed by atoms with Crippen molar-refractivity contribution in [2.75, 3.05) is 19.8 Å². The number of aromatic nitrogens is 1. The molecule has 2 aromatic rings. The summed E-state index contributed by atoms with van der Waals surface area (Å²) < 4.78 is 50.9. The number of hydrogen-bond donors (Lipinski definition) is 0. The smallest absolute Gasteiger partial charge is 0.417 e. The van der Waals surface area contributed by atoms with Crippen LogP contribution < -0.4 is 0 Å². The van der Waals surface area contributed by atoms with Crippen molar-refractivity contribution in [3.05, 3.63) is 52.7 Å². The fourth-order valence-corrected chi connectivity index (χ4v) is 3.60. The molecule has 2 aliphatic rings. The molecule has 1 aromatic carbocycles. The largest absolute Gasteiger partial charge is 0.445 e. The zero-order valence-corrected chi connectivity index (χ0v) is 14.6. The van der Waals surface area contributed by atoms with Crippen LogP contribution in [0.25, 0.3) is 0 Å². The molecule has 1 fully saturated rings. The van der Waals surface area contributed by atoms with Crippen molar-refractivity contribution in [3.63, 3.8) is 0 Å². The van der Waals surface area contributed by atoms with E-state index in [9.17, 15) is 18.0 Å². The normalized spacial score (nSPS) is 18.4. The first-order valence-corrected chi connectivity index (χ1v) is 8.95. The maximum absolute atomic E-state index is 13.2. The Morgan fingerprint density at radius 1 is 1.19 bits per heavy atom. The molecule has 0 spiro atoms. The lowest BCUT2D eigenvalue weighted by Gasteiger charge is -2.26. The monoisotopic (exact) mass is 380 g/mol. The van der Waals surface area contributed by atoms with Gasteiger partial charge in [0.05, 0.1) is 17.7 Å². The molecule has 1 amide bonds. The van der Waals surface area contributed by atoms with Crippen LogP contribution in [0.2, 0.25) is 0 Å². The van der Waals surface area contributed by atoms with E-state index in [1.54, 1.807) is 0 Å². The van der Waals surface area contributed by atoms with Crippen LogP contribution in [0.4, 0.5) is 13.2 Å². The number of alkyl halides is 3. The van der Waals surface area contributed by atoms with E-state index < -0.39 is 17.6 Å². The van der Waals surface area contributed by atoms with Gasteiger partial charge < -0.3 is 14.1 Å². The molecule has 5 nitrogen and oxygen atoms in total. The number of carbonyl (C=O) groups is 1. The Bertz CT molecular complexity index is 841. The summed E-state index contributed by atoms with van der Waals surface area (Å²) in [5.74, 6) is 0.932. The van der Waals surface area contributed by atoms with Gasteiger partial charge >= 0.3 is 6.18 Å². The molecule has 0 N–H and O–H groups in total. The first-order valence-electron chi connectivity index (χ1n) is 8.95. The minimum atomic E-state index is -4.57. The maximum atomic E-state index is 13.2. The summed E-state index contributed by atoms with van der Waals surface area (Å²) >= 11 is 0. The molecule has 8 heteroatoms. The van der Waals surface area contributed by atoms with Crippen molar-refractivity contribution in [3.8, 4) is 0 Å². The van der Waals surface area contributed by atoms with Crippen LogP contribution in [0.1, 0.15) is 52.0 Å². The van der Waals surface area contributed by atoms with Crippen molar-refractivity contribution in [2.45, 2.75) is 37.9 Å². The van der Waals surface area contributed by atoms with Gasteiger partial charge in [0.25, 0.3) is 5.91 Å². The Balaban J connectivity index is 1.55. The van der Waals surface area contributed by atoms with E-state index in [4.69, 9.17) is 9.15 Å². The number of amides is 1. The van der Waals surface area contributed by atoms with E-state index in [0.717, 1.165) is 24.7 Å². The second-order valence-corrected chi connectivity index (χ2v) is 6.83. The van der Waals surface area contributed by atoms with Gasteiger partial charge in [-0.3, -0.25) is 4.79 Å². The molecule has 1 aromatic heterocycles. The van der Waals surface area contributed by atoms with Crippen molar-refractivity contribution in [1.82, 2.24) is 9.88 Å². The quantitative estimate of drug-likeness (QED) is 0.796. The summed E-state index contributed by atoms with van der Waals surface area (Å²) in [5, 5.41) is 0. The highest BCUT2D eigenvalue weighted by Crippen LogP contribution is 2.34. The number of benzene rings is 1. The van der Waals surface area contributed by atoms with Crippen LogP contribution in [0.5, 0.6) is 0 Å². The van der Waals surface area contributed by atoms with E-state index in [-0.39, 0.29) is 18.0 Å². The standard InChI is InChI=1S/C19H19F3N2O3/c20-19(21,22)14-4-2-1-3-13(14)18(25)24-8-5-16-15(11-24)23-17(27-16)12-6-9-26-10-7-12/h1-4,12H,5-11H2. The maximum Gasteiger partial charge on any atom is 0.417 e. The summed E-state index contributed by atoms with van der Waals surface area (Å²) in [6.07, 6.45) is -2.45. The third-order valence-corrected chi connectivity index (χ3v) is 5.06. The van der Waals surface area contributed by atoms with E-state index in [2.05, 4.69) is 4.98 Å². The SMILES string of the molecule is O=C(c1ccccc1C(F)(F)F)N1CCc2oc(C3CCOCC3)nc2C1. The average Bonchev–Trinajstić information content (AvgIpc) is 3.11. The summed E-state index contributed by atoms with van der Waals surface area (Å²) in [4.78, 5) is 18.7. The van der Waals surface area contributed by atoms with Gasteiger partial charge in [-0.15, -0.1) is 0 Å². The Labute approximate surface area is 154 Å². The van der Waals surface area contributed by atoms with Crippen LogP contribution in [-0.2, 0) is 23.9 Å². The highest BCUT2D eigenvalue weighted by atomic mass is 19.4. The molecular weight excluding hydrogens is 361 g/mol. The molecule has 1 saturated heterocycles. The molecule has 27 heavy (non-hydrogen) atoms. The molecule has 0 unspecified atom stereocenters. The average molecular weight is 380 g/mol. The van der Waals surface area contributed by atoms with Gasteiger partial charge in [-0.2, -0.15) is 13.2 Å². The van der Waals surface area contributed by atoms with Gasteiger partial charge in [0.1, 0.15) is 11.5 Å². The summed E-state index contributed by atoms with van der Waals surface area (Å²) in [6.45, 7) is 1.79. The Morgan fingerprint density at radius 2 is 1.93 bits per heavy atom. The minimum Gasteiger partial charge on any atom is -0.445 e. The molecule has 0 saturated carbocycles. The van der Waals surface area contributed by atoms with Crippen molar-refractivity contribution in [2.24, 2.45) is 0 Å². The fourth-order valence-electron chi connectivity index (χ4n) is 3.60. The summed E-state index contributed by atoms with van der Waals surface area (Å²) in [7, 11) is 0. The van der Waals surface area contributed by atoms with Crippen LogP contribution in [0.3, 0.4) is 0 Å². The predicted molar refractivity (Wildman–Crippen MR) is 89.2 cm³/mol. The Kier molecular flexibility index (Phi) is 4.67. The molecule has 0 bridgehead atoms. The van der Waals surface area contributed by atoms with E-state index >= 15 is 0 Å². The first kappa shape index (κ1) is 18.0. The highest BCUT2D eigenvalue weighted by molar-refractivity contribution is 5.96. The van der Waals surface area contributed by atoms with Gasteiger partial charge in [0, 0.05) is 32.1 Å². The molecule has 3 heterocycles. The number of carbonyl (C=O) groups excluding carboxylic acids is 1. The van der Waals surface area contributed by atoms with Crippen LogP contribution in [0, 0.1) is 0 Å². The van der Waals surface area contributed by atoms with Gasteiger partial charge in [-0.1, -0.05) is 12.1 Å². The molecule has 144 valence electrons. The molecule has 0 radical (unpaired) electrons. The van der Waals surface area contributed by atoms with Crippen LogP contribution >= 0.6 is 0 Å². The lowest BCUT2D eigenvalue weighted by molar-refractivity contribution is -0.138. The van der Waals surface area contributed by atoms with Crippen LogP contribution in [0.15, 0.2) is 28.7 Å². The van der Waals surface area contributed by atoms with Crippen molar-refractivity contribution in [1.29, 1.82) is 0 Å². The van der Waals surface area contributed by atoms with Crippen molar-refractivity contribution >= 4 is 5.91 Å². The number of ether oxygens (including phenoxy) is 1. The highest BCUT2D eigenvalue weighted by Gasteiger charge is 2.37. The Morgan fingerprint density at radius 3 is 2.67 bits per heavy atom.